The predicted octanol–water partition coefficient (Wildman–Crippen LogP) is 2.74. The van der Waals surface area contributed by atoms with E-state index in [1.807, 2.05) is 31.2 Å². The van der Waals surface area contributed by atoms with E-state index in [0.29, 0.717) is 36.8 Å². The van der Waals surface area contributed by atoms with Crippen LogP contribution in [0.1, 0.15) is 22.8 Å². The third kappa shape index (κ3) is 4.86. The van der Waals surface area contributed by atoms with Crippen LogP contribution in [0.5, 0.6) is 5.75 Å². The maximum absolute atomic E-state index is 12.8. The van der Waals surface area contributed by atoms with E-state index in [1.165, 1.54) is 0 Å². The maximum Gasteiger partial charge on any atom is 0.254 e. The average molecular weight is 368 g/mol. The molecule has 1 aliphatic rings. The first kappa shape index (κ1) is 18.9. The molecule has 2 aromatic carbocycles. The van der Waals surface area contributed by atoms with Crippen LogP contribution in [0.25, 0.3) is 0 Å². The first-order valence-electron chi connectivity index (χ1n) is 8.98. The van der Waals surface area contributed by atoms with Gasteiger partial charge in [-0.15, -0.1) is 0 Å². The molecular formula is C21H24N2O4. The summed E-state index contributed by atoms with van der Waals surface area (Å²) in [4.78, 5) is 26.9. The first-order valence-corrected chi connectivity index (χ1v) is 8.98. The Balaban J connectivity index is 1.66. The Labute approximate surface area is 159 Å². The summed E-state index contributed by atoms with van der Waals surface area (Å²) in [6.07, 6.45) is 0.232. The largest absolute Gasteiger partial charge is 0.497 e. The molecule has 1 unspecified atom stereocenters. The number of ether oxygens (including phenoxy) is 2. The van der Waals surface area contributed by atoms with Gasteiger partial charge >= 0.3 is 0 Å². The van der Waals surface area contributed by atoms with Gasteiger partial charge in [-0.05, 0) is 42.8 Å². The molecule has 0 saturated carbocycles. The van der Waals surface area contributed by atoms with Gasteiger partial charge in [-0.2, -0.15) is 0 Å². The number of hydrogen-bond acceptors (Lipinski definition) is 4. The second kappa shape index (κ2) is 8.68. The van der Waals surface area contributed by atoms with Crippen molar-refractivity contribution in [2.24, 2.45) is 0 Å². The zero-order chi connectivity index (χ0) is 19.2. The molecule has 1 saturated heterocycles. The fourth-order valence-corrected chi connectivity index (χ4v) is 3.10. The minimum Gasteiger partial charge on any atom is -0.497 e. The molecule has 1 N–H and O–H groups in total. The minimum absolute atomic E-state index is 0.0394. The highest BCUT2D eigenvalue weighted by Gasteiger charge is 2.24. The van der Waals surface area contributed by atoms with Crippen LogP contribution in [0.4, 0.5) is 5.69 Å². The fraction of sp³-hybridized carbons (Fsp3) is 0.333. The number of hydrogen-bond donors (Lipinski definition) is 1. The number of anilines is 1. The number of morpholine rings is 1. The quantitative estimate of drug-likeness (QED) is 0.881. The number of amides is 2. The van der Waals surface area contributed by atoms with Crippen molar-refractivity contribution in [3.05, 3.63) is 59.7 Å². The van der Waals surface area contributed by atoms with Gasteiger partial charge in [0.2, 0.25) is 5.91 Å². The lowest BCUT2D eigenvalue weighted by Gasteiger charge is -2.33. The summed E-state index contributed by atoms with van der Waals surface area (Å²) < 4.78 is 10.6. The van der Waals surface area contributed by atoms with Gasteiger partial charge in [0.15, 0.2) is 0 Å². The number of methoxy groups -OCH3 is 1. The molecule has 6 nitrogen and oxygen atoms in total. The van der Waals surface area contributed by atoms with Crippen molar-refractivity contribution >= 4 is 17.5 Å². The Kier molecular flexibility index (Phi) is 6.08. The van der Waals surface area contributed by atoms with Gasteiger partial charge in [-0.1, -0.05) is 18.2 Å². The molecular weight excluding hydrogens is 344 g/mol. The third-order valence-corrected chi connectivity index (χ3v) is 4.52. The molecule has 142 valence electrons. The normalized spacial score (nSPS) is 16.7. The van der Waals surface area contributed by atoms with Crippen molar-refractivity contribution in [2.75, 3.05) is 32.2 Å². The maximum atomic E-state index is 12.8. The van der Waals surface area contributed by atoms with Crippen LogP contribution in [-0.2, 0) is 16.0 Å². The molecule has 2 amide bonds. The molecule has 27 heavy (non-hydrogen) atoms. The molecule has 3 rings (SSSR count). The minimum atomic E-state index is -0.146. The molecule has 0 aliphatic carbocycles. The van der Waals surface area contributed by atoms with Crippen LogP contribution >= 0.6 is 0 Å². The summed E-state index contributed by atoms with van der Waals surface area (Å²) >= 11 is 0. The monoisotopic (exact) mass is 368 g/mol. The molecule has 1 heterocycles. The molecule has 1 fully saturated rings. The molecule has 0 radical (unpaired) electrons. The van der Waals surface area contributed by atoms with Crippen LogP contribution in [0.2, 0.25) is 0 Å². The number of benzene rings is 2. The van der Waals surface area contributed by atoms with Crippen molar-refractivity contribution in [1.29, 1.82) is 0 Å². The van der Waals surface area contributed by atoms with Gasteiger partial charge in [-0.3, -0.25) is 9.59 Å². The van der Waals surface area contributed by atoms with Gasteiger partial charge in [0.1, 0.15) is 5.75 Å². The summed E-state index contributed by atoms with van der Waals surface area (Å²) in [5.41, 5.74) is 2.03. The van der Waals surface area contributed by atoms with Gasteiger partial charge in [-0.25, -0.2) is 0 Å². The Morgan fingerprint density at radius 3 is 2.81 bits per heavy atom. The SMILES string of the molecule is COc1cccc(CC(=O)Nc2cccc(C(=O)N3CCOCC3C)c2)c1. The van der Waals surface area contributed by atoms with E-state index in [2.05, 4.69) is 5.32 Å². The number of carbonyl (C=O) groups excluding carboxylic acids is 2. The Hall–Kier alpha value is -2.86. The van der Waals surface area contributed by atoms with Crippen molar-refractivity contribution in [3.8, 4) is 5.75 Å². The van der Waals surface area contributed by atoms with E-state index in [0.717, 1.165) is 5.56 Å². The van der Waals surface area contributed by atoms with Gasteiger partial charge in [0, 0.05) is 17.8 Å². The summed E-state index contributed by atoms with van der Waals surface area (Å²) in [7, 11) is 1.59. The van der Waals surface area contributed by atoms with E-state index in [4.69, 9.17) is 9.47 Å². The standard InChI is InChI=1S/C21H24N2O4/c1-15-14-27-10-9-23(15)21(25)17-6-4-7-18(13-17)22-20(24)12-16-5-3-8-19(11-16)26-2/h3-8,11,13,15H,9-10,12,14H2,1-2H3,(H,22,24). The van der Waals surface area contributed by atoms with Gasteiger partial charge in [0.05, 0.1) is 32.8 Å². The van der Waals surface area contributed by atoms with Gasteiger partial charge in [0.25, 0.3) is 5.91 Å². The van der Waals surface area contributed by atoms with Crippen molar-refractivity contribution < 1.29 is 19.1 Å². The van der Waals surface area contributed by atoms with Crippen LogP contribution < -0.4 is 10.1 Å². The van der Waals surface area contributed by atoms with E-state index < -0.39 is 0 Å². The van der Waals surface area contributed by atoms with Crippen LogP contribution in [0, 0.1) is 0 Å². The lowest BCUT2D eigenvalue weighted by Crippen LogP contribution is -2.47. The highest BCUT2D eigenvalue weighted by Crippen LogP contribution is 2.17. The summed E-state index contributed by atoms with van der Waals surface area (Å²) in [5.74, 6) is 0.523. The number of nitrogens with one attached hydrogen (secondary N) is 1. The molecule has 0 aromatic heterocycles. The molecule has 0 spiro atoms. The zero-order valence-electron chi connectivity index (χ0n) is 15.6. The highest BCUT2D eigenvalue weighted by atomic mass is 16.5. The fourth-order valence-electron chi connectivity index (χ4n) is 3.10. The number of rotatable bonds is 5. The molecule has 6 heteroatoms. The van der Waals surface area contributed by atoms with Gasteiger partial charge < -0.3 is 19.7 Å². The summed E-state index contributed by atoms with van der Waals surface area (Å²) in [6, 6.07) is 14.5. The topological polar surface area (TPSA) is 67.9 Å². The third-order valence-electron chi connectivity index (χ3n) is 4.52. The lowest BCUT2D eigenvalue weighted by molar-refractivity contribution is -0.115. The predicted molar refractivity (Wildman–Crippen MR) is 103 cm³/mol. The number of nitrogens with zero attached hydrogens (tertiary/aromatic N) is 1. The Bertz CT molecular complexity index is 821. The Morgan fingerprint density at radius 1 is 1.22 bits per heavy atom. The lowest BCUT2D eigenvalue weighted by atomic mass is 10.1. The number of carbonyl (C=O) groups is 2. The van der Waals surface area contributed by atoms with Crippen LogP contribution in [0.3, 0.4) is 0 Å². The molecule has 1 atom stereocenters. The summed E-state index contributed by atoms with van der Waals surface area (Å²) in [5, 5.41) is 2.86. The van der Waals surface area contributed by atoms with E-state index in [1.54, 1.807) is 36.3 Å². The first-order chi connectivity index (χ1) is 13.1. The van der Waals surface area contributed by atoms with Crippen molar-refractivity contribution in [1.82, 2.24) is 4.90 Å². The van der Waals surface area contributed by atoms with E-state index >= 15 is 0 Å². The average Bonchev–Trinajstić information content (AvgIpc) is 2.68. The highest BCUT2D eigenvalue weighted by molar-refractivity contribution is 5.97. The molecule has 0 bridgehead atoms. The zero-order valence-corrected chi connectivity index (χ0v) is 15.6. The van der Waals surface area contributed by atoms with Crippen molar-refractivity contribution in [3.63, 3.8) is 0 Å². The van der Waals surface area contributed by atoms with Crippen molar-refractivity contribution in [2.45, 2.75) is 19.4 Å². The second-order valence-corrected chi connectivity index (χ2v) is 6.58. The Morgan fingerprint density at radius 2 is 2.04 bits per heavy atom. The van der Waals surface area contributed by atoms with E-state index in [-0.39, 0.29) is 24.3 Å². The molecule has 2 aromatic rings. The smallest absolute Gasteiger partial charge is 0.254 e. The summed E-state index contributed by atoms with van der Waals surface area (Å²) in [6.45, 7) is 3.64. The van der Waals surface area contributed by atoms with Crippen LogP contribution in [0.15, 0.2) is 48.5 Å². The molecule has 1 aliphatic heterocycles. The van der Waals surface area contributed by atoms with Crippen LogP contribution in [-0.4, -0.2) is 49.6 Å². The second-order valence-electron chi connectivity index (χ2n) is 6.58. The van der Waals surface area contributed by atoms with E-state index in [9.17, 15) is 9.59 Å².